The van der Waals surface area contributed by atoms with Gasteiger partial charge in [-0.2, -0.15) is 0 Å². The summed E-state index contributed by atoms with van der Waals surface area (Å²) in [5, 5.41) is 9.53. The highest BCUT2D eigenvalue weighted by Crippen LogP contribution is 2.36. The van der Waals surface area contributed by atoms with Gasteiger partial charge in [0.15, 0.2) is 0 Å². The molecule has 3 atom stereocenters. The number of hydrogen-bond acceptors (Lipinski definition) is 1. The Morgan fingerprint density at radius 1 is 1.30 bits per heavy atom. The molecule has 1 N–H and O–H groups in total. The van der Waals surface area contributed by atoms with E-state index >= 15 is 0 Å². The van der Waals surface area contributed by atoms with Gasteiger partial charge in [0, 0.05) is 0 Å². The number of aliphatic hydroxyl groups excluding tert-OH is 1. The van der Waals surface area contributed by atoms with Gasteiger partial charge in [-0.25, -0.2) is 0 Å². The molecule has 0 unspecified atom stereocenters. The zero-order valence-corrected chi connectivity index (χ0v) is 7.17. The third-order valence-corrected chi connectivity index (χ3v) is 2.79. The van der Waals surface area contributed by atoms with Gasteiger partial charge >= 0.3 is 0 Å². The second kappa shape index (κ2) is 2.91. The van der Waals surface area contributed by atoms with Crippen LogP contribution in [-0.4, -0.2) is 11.2 Å². The summed E-state index contributed by atoms with van der Waals surface area (Å²) in [6.07, 6.45) is 2.21. The van der Waals surface area contributed by atoms with Crippen LogP contribution in [0.1, 0.15) is 33.6 Å². The SMILES string of the molecule is CC(C)[C@H]1[C@H](C)CC[C@H]1O. The number of rotatable bonds is 1. The first-order valence-corrected chi connectivity index (χ1v) is 4.31. The van der Waals surface area contributed by atoms with Gasteiger partial charge in [-0.15, -0.1) is 0 Å². The standard InChI is InChI=1S/C9H18O/c1-6(2)9-7(3)4-5-8(9)10/h6-10H,4-5H2,1-3H3/t7-,8-,9+/m1/s1. The predicted octanol–water partition coefficient (Wildman–Crippen LogP) is 2.05. The average Bonchev–Trinajstić information content (AvgIpc) is 2.11. The molecule has 0 bridgehead atoms. The fourth-order valence-corrected chi connectivity index (χ4v) is 2.30. The molecular formula is C9H18O. The molecule has 1 aliphatic rings. The Balaban J connectivity index is 2.54. The van der Waals surface area contributed by atoms with E-state index in [0.717, 1.165) is 12.3 Å². The quantitative estimate of drug-likeness (QED) is 0.594. The molecule has 0 aliphatic heterocycles. The molecule has 10 heavy (non-hydrogen) atoms. The van der Waals surface area contributed by atoms with E-state index in [1.807, 2.05) is 0 Å². The average molecular weight is 142 g/mol. The molecular weight excluding hydrogens is 124 g/mol. The van der Waals surface area contributed by atoms with Gasteiger partial charge in [0.25, 0.3) is 0 Å². The minimum Gasteiger partial charge on any atom is -0.393 e. The number of hydrogen-bond donors (Lipinski definition) is 1. The third-order valence-electron chi connectivity index (χ3n) is 2.79. The fraction of sp³-hybridized carbons (Fsp3) is 1.00. The van der Waals surface area contributed by atoms with Gasteiger partial charge in [0.2, 0.25) is 0 Å². The van der Waals surface area contributed by atoms with Crippen LogP contribution in [0.5, 0.6) is 0 Å². The highest BCUT2D eigenvalue weighted by atomic mass is 16.3. The predicted molar refractivity (Wildman–Crippen MR) is 42.7 cm³/mol. The highest BCUT2D eigenvalue weighted by molar-refractivity contribution is 4.83. The van der Waals surface area contributed by atoms with E-state index in [9.17, 15) is 5.11 Å². The van der Waals surface area contributed by atoms with Crippen molar-refractivity contribution < 1.29 is 5.11 Å². The Morgan fingerprint density at radius 2 is 1.90 bits per heavy atom. The lowest BCUT2D eigenvalue weighted by Crippen LogP contribution is -2.22. The van der Waals surface area contributed by atoms with Gasteiger partial charge in [-0.1, -0.05) is 20.8 Å². The maximum Gasteiger partial charge on any atom is 0.0573 e. The maximum atomic E-state index is 9.53. The van der Waals surface area contributed by atoms with Crippen molar-refractivity contribution in [3.05, 3.63) is 0 Å². The maximum absolute atomic E-state index is 9.53. The first kappa shape index (κ1) is 8.06. The normalized spacial score (nSPS) is 41.1. The summed E-state index contributed by atoms with van der Waals surface area (Å²) in [4.78, 5) is 0. The van der Waals surface area contributed by atoms with Crippen LogP contribution >= 0.6 is 0 Å². The lowest BCUT2D eigenvalue weighted by atomic mass is 9.86. The number of aliphatic hydroxyl groups is 1. The van der Waals surface area contributed by atoms with Crippen molar-refractivity contribution in [2.75, 3.05) is 0 Å². The molecule has 0 aromatic carbocycles. The van der Waals surface area contributed by atoms with Crippen molar-refractivity contribution in [2.45, 2.75) is 39.7 Å². The molecule has 1 heteroatoms. The van der Waals surface area contributed by atoms with Crippen molar-refractivity contribution in [3.8, 4) is 0 Å². The molecule has 1 aliphatic carbocycles. The Kier molecular flexibility index (Phi) is 2.35. The lowest BCUT2D eigenvalue weighted by Gasteiger charge is -2.22. The molecule has 1 nitrogen and oxygen atoms in total. The second-order valence-electron chi connectivity index (χ2n) is 3.94. The van der Waals surface area contributed by atoms with Crippen LogP contribution in [0.15, 0.2) is 0 Å². The monoisotopic (exact) mass is 142 g/mol. The second-order valence-corrected chi connectivity index (χ2v) is 3.94. The minimum atomic E-state index is -0.0185. The van der Waals surface area contributed by atoms with Gasteiger partial charge in [-0.3, -0.25) is 0 Å². The molecule has 0 saturated heterocycles. The van der Waals surface area contributed by atoms with E-state index in [-0.39, 0.29) is 6.10 Å². The first-order valence-electron chi connectivity index (χ1n) is 4.31. The van der Waals surface area contributed by atoms with E-state index in [0.29, 0.717) is 11.8 Å². The van der Waals surface area contributed by atoms with Crippen LogP contribution in [0, 0.1) is 17.8 Å². The van der Waals surface area contributed by atoms with Crippen LogP contribution < -0.4 is 0 Å². The molecule has 0 radical (unpaired) electrons. The zero-order chi connectivity index (χ0) is 7.72. The van der Waals surface area contributed by atoms with E-state index in [1.165, 1.54) is 6.42 Å². The Morgan fingerprint density at radius 3 is 2.10 bits per heavy atom. The molecule has 0 aromatic heterocycles. The molecule has 0 spiro atoms. The zero-order valence-electron chi connectivity index (χ0n) is 7.17. The smallest absolute Gasteiger partial charge is 0.0573 e. The van der Waals surface area contributed by atoms with Crippen molar-refractivity contribution in [2.24, 2.45) is 17.8 Å². The van der Waals surface area contributed by atoms with Crippen LogP contribution in [0.25, 0.3) is 0 Å². The van der Waals surface area contributed by atoms with Crippen LogP contribution in [0.2, 0.25) is 0 Å². The van der Waals surface area contributed by atoms with Gasteiger partial charge in [-0.05, 0) is 30.6 Å². The summed E-state index contributed by atoms with van der Waals surface area (Å²) >= 11 is 0. The highest BCUT2D eigenvalue weighted by Gasteiger charge is 2.33. The van der Waals surface area contributed by atoms with Crippen molar-refractivity contribution >= 4 is 0 Å². The topological polar surface area (TPSA) is 20.2 Å². The molecule has 1 saturated carbocycles. The summed E-state index contributed by atoms with van der Waals surface area (Å²) in [6, 6.07) is 0. The van der Waals surface area contributed by atoms with E-state index in [2.05, 4.69) is 20.8 Å². The summed E-state index contributed by atoms with van der Waals surface area (Å²) in [7, 11) is 0. The summed E-state index contributed by atoms with van der Waals surface area (Å²) in [5.41, 5.74) is 0. The molecule has 0 aromatic rings. The Hall–Kier alpha value is -0.0400. The molecule has 1 rings (SSSR count). The van der Waals surface area contributed by atoms with E-state index < -0.39 is 0 Å². The van der Waals surface area contributed by atoms with Crippen molar-refractivity contribution in [1.29, 1.82) is 0 Å². The minimum absolute atomic E-state index is 0.0185. The van der Waals surface area contributed by atoms with Crippen LogP contribution in [0.3, 0.4) is 0 Å². The van der Waals surface area contributed by atoms with Crippen molar-refractivity contribution in [1.82, 2.24) is 0 Å². The summed E-state index contributed by atoms with van der Waals surface area (Å²) in [5.74, 6) is 1.93. The molecule has 1 fully saturated rings. The van der Waals surface area contributed by atoms with E-state index in [4.69, 9.17) is 0 Å². The fourth-order valence-electron chi connectivity index (χ4n) is 2.30. The molecule has 0 heterocycles. The summed E-state index contributed by atoms with van der Waals surface area (Å²) < 4.78 is 0. The Labute approximate surface area is 63.4 Å². The third kappa shape index (κ3) is 1.34. The van der Waals surface area contributed by atoms with Crippen molar-refractivity contribution in [3.63, 3.8) is 0 Å². The Bertz CT molecular complexity index is 99.3. The lowest BCUT2D eigenvalue weighted by molar-refractivity contribution is 0.0920. The van der Waals surface area contributed by atoms with Gasteiger partial charge < -0.3 is 5.11 Å². The molecule has 60 valence electrons. The van der Waals surface area contributed by atoms with E-state index in [1.54, 1.807) is 0 Å². The molecule has 0 amide bonds. The van der Waals surface area contributed by atoms with Gasteiger partial charge in [0.05, 0.1) is 6.10 Å². The first-order chi connectivity index (χ1) is 4.63. The van der Waals surface area contributed by atoms with Crippen LogP contribution in [0.4, 0.5) is 0 Å². The summed E-state index contributed by atoms with van der Waals surface area (Å²) in [6.45, 7) is 6.66. The largest absolute Gasteiger partial charge is 0.393 e. The van der Waals surface area contributed by atoms with Crippen LogP contribution in [-0.2, 0) is 0 Å². The van der Waals surface area contributed by atoms with Gasteiger partial charge in [0.1, 0.15) is 0 Å².